The highest BCUT2D eigenvalue weighted by Crippen LogP contribution is 2.19. The lowest BCUT2D eigenvalue weighted by Gasteiger charge is -2.09. The van der Waals surface area contributed by atoms with Crippen molar-refractivity contribution >= 4 is 66.3 Å². The van der Waals surface area contributed by atoms with Crippen LogP contribution in [0.3, 0.4) is 0 Å². The summed E-state index contributed by atoms with van der Waals surface area (Å²) in [5.74, 6) is 0.0482. The zero-order valence-electron chi connectivity index (χ0n) is 19.6. The maximum Gasteiger partial charge on any atom is 0.658 e. The Balaban J connectivity index is 1.15. The van der Waals surface area contributed by atoms with Crippen LogP contribution >= 0.6 is 24.4 Å². The van der Waals surface area contributed by atoms with E-state index in [2.05, 4.69) is 29.9 Å². The van der Waals surface area contributed by atoms with E-state index in [1.54, 1.807) is 48.5 Å². The summed E-state index contributed by atoms with van der Waals surface area (Å²) in [6.45, 7) is 0. The molecule has 0 amide bonds. The van der Waals surface area contributed by atoms with Crippen molar-refractivity contribution in [1.29, 1.82) is 0 Å². The van der Waals surface area contributed by atoms with Gasteiger partial charge in [0.1, 0.15) is 46.5 Å². The first kappa shape index (κ1) is 24.3. The molecule has 4 aromatic heterocycles. The molecule has 0 bridgehead atoms. The molecule has 0 aliphatic rings. The van der Waals surface area contributed by atoms with E-state index in [-0.39, 0.29) is 11.8 Å². The second-order valence-corrected chi connectivity index (χ2v) is 8.81. The molecule has 0 unspecified atom stereocenters. The minimum absolute atomic E-state index is 0.296. The summed E-state index contributed by atoms with van der Waals surface area (Å²) in [6.07, 6.45) is 5.59. The number of rotatable bonds is 6. The summed E-state index contributed by atoms with van der Waals surface area (Å²) in [7, 11) is 1.11. The number of H-pyrrole nitrogens is 2. The molecule has 2 N–H and O–H groups in total. The Hall–Kier alpha value is -5.02. The maximum absolute atomic E-state index is 13.1. The van der Waals surface area contributed by atoms with Crippen molar-refractivity contribution in [2.24, 2.45) is 0 Å². The lowest BCUT2D eigenvalue weighted by Crippen LogP contribution is -2.14. The van der Waals surface area contributed by atoms with E-state index in [1.807, 2.05) is 0 Å². The molecule has 0 aliphatic carbocycles. The van der Waals surface area contributed by atoms with Gasteiger partial charge in [-0.25, -0.2) is 29.1 Å². The number of carbonyl (C=O) groups excluding carboxylic acids is 2. The highest BCUT2D eigenvalue weighted by molar-refractivity contribution is 7.71. The van der Waals surface area contributed by atoms with Gasteiger partial charge in [0.2, 0.25) is 0 Å². The predicted molar refractivity (Wildman–Crippen MR) is 145 cm³/mol. The minimum Gasteiger partial charge on any atom is -0.526 e. The van der Waals surface area contributed by atoms with Crippen LogP contribution < -0.4 is 9.31 Å². The van der Waals surface area contributed by atoms with Crippen LogP contribution in [0.5, 0.6) is 11.5 Å². The molecule has 6 aromatic rings. The van der Waals surface area contributed by atoms with Crippen LogP contribution in [0, 0.1) is 9.28 Å². The summed E-state index contributed by atoms with van der Waals surface area (Å²) in [6, 6.07) is 13.1. The number of nitrogens with zero attached hydrogens (tertiary/aromatic N) is 6. The lowest BCUT2D eigenvalue weighted by molar-refractivity contribution is 0.0955. The molecule has 189 valence electrons. The van der Waals surface area contributed by atoms with Crippen molar-refractivity contribution in [2.45, 2.75) is 0 Å². The van der Waals surface area contributed by atoms with Gasteiger partial charge in [-0.3, -0.25) is 9.59 Å². The van der Waals surface area contributed by atoms with E-state index in [4.69, 9.17) is 33.7 Å². The Morgan fingerprint density at radius 3 is 1.64 bits per heavy atom. The zero-order valence-corrected chi connectivity index (χ0v) is 21.3. The van der Waals surface area contributed by atoms with Crippen LogP contribution in [-0.4, -0.2) is 58.5 Å². The van der Waals surface area contributed by atoms with Crippen LogP contribution in [0.4, 0.5) is 0 Å². The number of aromatic nitrogens is 8. The molecule has 12 nitrogen and oxygen atoms in total. The Morgan fingerprint density at radius 2 is 1.18 bits per heavy atom. The summed E-state index contributed by atoms with van der Waals surface area (Å²) < 4.78 is 14.5. The normalized spacial score (nSPS) is 11.0. The first-order chi connectivity index (χ1) is 19.0. The van der Waals surface area contributed by atoms with Crippen molar-refractivity contribution < 1.29 is 18.9 Å². The molecule has 2 aromatic carbocycles. The summed E-state index contributed by atoms with van der Waals surface area (Å²) >= 11 is 10.3. The molecule has 6 rings (SSSR count). The van der Waals surface area contributed by atoms with Gasteiger partial charge in [0.25, 0.3) is 11.8 Å². The van der Waals surface area contributed by atoms with E-state index in [9.17, 15) is 9.59 Å². The summed E-state index contributed by atoms with van der Waals surface area (Å²) in [5.41, 5.74) is 2.45. The van der Waals surface area contributed by atoms with Gasteiger partial charge in [0, 0.05) is 11.1 Å². The quantitative estimate of drug-likeness (QED) is 0.232. The summed E-state index contributed by atoms with van der Waals surface area (Å²) in [5, 5.41) is 0. The molecule has 0 spiro atoms. The third-order valence-corrected chi connectivity index (χ3v) is 6.27. The first-order valence-corrected chi connectivity index (χ1v) is 12.1. The Morgan fingerprint density at radius 1 is 0.718 bits per heavy atom. The van der Waals surface area contributed by atoms with Crippen LogP contribution in [0.15, 0.2) is 73.8 Å². The topological polar surface area (TPSA) is 146 Å². The third kappa shape index (κ3) is 4.60. The van der Waals surface area contributed by atoms with Crippen molar-refractivity contribution in [1.82, 2.24) is 39.0 Å². The van der Waals surface area contributed by atoms with Gasteiger partial charge in [0.15, 0.2) is 9.28 Å². The lowest BCUT2D eigenvalue weighted by atomic mass is 10.2. The van der Waals surface area contributed by atoms with E-state index in [0.29, 0.717) is 54.2 Å². The molecule has 0 saturated heterocycles. The fourth-order valence-corrected chi connectivity index (χ4v) is 4.24. The monoisotopic (exact) mass is 553 g/mol. The summed E-state index contributed by atoms with van der Waals surface area (Å²) in [4.78, 5) is 48.2. The number of hydrogen-bond donors (Lipinski definition) is 2. The maximum atomic E-state index is 13.1. The molecule has 4 heterocycles. The second kappa shape index (κ2) is 10.0. The van der Waals surface area contributed by atoms with Gasteiger partial charge in [-0.15, -0.1) is 0 Å². The molecule has 1 radical (unpaired) electrons. The number of benzene rings is 2. The Labute approximate surface area is 229 Å². The molecule has 39 heavy (non-hydrogen) atoms. The highest BCUT2D eigenvalue weighted by atomic mass is 32.1. The fourth-order valence-electron chi connectivity index (χ4n) is 3.84. The average Bonchev–Trinajstić information content (AvgIpc) is 3.59. The molecule has 0 fully saturated rings. The molecule has 0 aliphatic heterocycles. The van der Waals surface area contributed by atoms with Crippen LogP contribution in [0.25, 0.3) is 22.3 Å². The van der Waals surface area contributed by atoms with Crippen molar-refractivity contribution in [3.8, 4) is 11.5 Å². The largest absolute Gasteiger partial charge is 0.658 e. The van der Waals surface area contributed by atoms with E-state index >= 15 is 0 Å². The van der Waals surface area contributed by atoms with Gasteiger partial charge in [-0.05, 0) is 36.4 Å². The van der Waals surface area contributed by atoms with Gasteiger partial charge >= 0.3 is 7.69 Å². The zero-order chi connectivity index (χ0) is 26.9. The SMILES string of the molecule is O=C(c1cccc(O[B]Oc2cccc(C(=O)n3cnc4c(=S)nc[nH]c43)c2)c1)n1cnc2c(=S)nc[nH]c21. The smallest absolute Gasteiger partial charge is 0.526 e. The van der Waals surface area contributed by atoms with Crippen LogP contribution in [-0.2, 0) is 0 Å². The average molecular weight is 553 g/mol. The number of hydrogen-bond acceptors (Lipinski definition) is 10. The molecule has 15 heteroatoms. The van der Waals surface area contributed by atoms with Crippen LogP contribution in [0.2, 0.25) is 0 Å². The Kier molecular flexibility index (Phi) is 6.26. The van der Waals surface area contributed by atoms with E-state index < -0.39 is 0 Å². The number of aromatic amines is 2. The standard InChI is InChI=1S/C24H14BN8O4S2/c34-23(32-11-30-17-19(32)26-9-28-21(17)38)13-3-1-5-15(7-13)36-25-37-16-6-2-4-14(8-16)24(35)33-12-31-18-20(33)27-10-29-22(18)39/h1-12H,(H,26,28,38)(H,27,29,39). The fraction of sp³-hybridized carbons (Fsp3) is 0. The van der Waals surface area contributed by atoms with Gasteiger partial charge in [-0.2, -0.15) is 0 Å². The second-order valence-electron chi connectivity index (χ2n) is 8.04. The van der Waals surface area contributed by atoms with Gasteiger partial charge in [-0.1, -0.05) is 36.6 Å². The number of imidazole rings is 2. The number of carbonyl (C=O) groups is 2. The number of nitrogens with one attached hydrogen (secondary N) is 2. The van der Waals surface area contributed by atoms with E-state index in [1.165, 1.54) is 34.4 Å². The predicted octanol–water partition coefficient (Wildman–Crippen LogP) is 3.66. The molecular weight excluding hydrogens is 539 g/mol. The number of fused-ring (bicyclic) bond motifs is 2. The van der Waals surface area contributed by atoms with Crippen LogP contribution in [0.1, 0.15) is 20.7 Å². The van der Waals surface area contributed by atoms with Crippen molar-refractivity contribution in [2.75, 3.05) is 0 Å². The van der Waals surface area contributed by atoms with Crippen molar-refractivity contribution in [3.63, 3.8) is 0 Å². The van der Waals surface area contributed by atoms with Gasteiger partial charge in [0.05, 0.1) is 12.7 Å². The van der Waals surface area contributed by atoms with Gasteiger partial charge < -0.3 is 19.3 Å². The first-order valence-electron chi connectivity index (χ1n) is 11.3. The Bertz CT molecular complexity index is 1870. The minimum atomic E-state index is -0.338. The van der Waals surface area contributed by atoms with Crippen molar-refractivity contribution in [3.05, 3.63) is 94.2 Å². The molecule has 0 atom stereocenters. The highest BCUT2D eigenvalue weighted by Gasteiger charge is 2.16. The van der Waals surface area contributed by atoms with E-state index in [0.717, 1.165) is 7.69 Å². The molecule has 0 saturated carbocycles. The molecular formula is C24H14BN8O4S2. The third-order valence-electron chi connectivity index (χ3n) is 5.67.